The monoisotopic (exact) mass is 285 g/mol. The maximum atomic E-state index is 10.4. The standard InChI is InChI=1S/C19H27NO/c1-20(18-21)17-13-8-6-4-2-3-5-7-10-14-19-15-11-9-12-16-19/h4,6,8-9,11-13,15-16,18H,2-3,5,7,10,14,17H2,1H3/b6-4+,13-8+. The van der Waals surface area contributed by atoms with Gasteiger partial charge in [-0.2, -0.15) is 0 Å². The van der Waals surface area contributed by atoms with E-state index in [4.69, 9.17) is 0 Å². The van der Waals surface area contributed by atoms with Gasteiger partial charge in [0.1, 0.15) is 0 Å². The molecule has 0 radical (unpaired) electrons. The molecular formula is C19H27NO. The minimum atomic E-state index is 0.674. The van der Waals surface area contributed by atoms with Gasteiger partial charge in [0.05, 0.1) is 0 Å². The van der Waals surface area contributed by atoms with Gasteiger partial charge in [0, 0.05) is 13.6 Å². The van der Waals surface area contributed by atoms with Crippen molar-refractivity contribution in [3.05, 3.63) is 60.2 Å². The van der Waals surface area contributed by atoms with E-state index in [0.29, 0.717) is 6.54 Å². The Labute approximate surface area is 129 Å². The average Bonchev–Trinajstić information content (AvgIpc) is 2.53. The van der Waals surface area contributed by atoms with Gasteiger partial charge in [0.2, 0.25) is 6.41 Å². The van der Waals surface area contributed by atoms with Gasteiger partial charge in [-0.15, -0.1) is 0 Å². The summed E-state index contributed by atoms with van der Waals surface area (Å²) in [5.41, 5.74) is 1.45. The number of carbonyl (C=O) groups excluding carboxylic acids is 1. The first-order chi connectivity index (χ1) is 10.3. The Bertz CT molecular complexity index is 422. The predicted molar refractivity (Wildman–Crippen MR) is 90.2 cm³/mol. The third-order valence-electron chi connectivity index (χ3n) is 3.39. The molecule has 0 saturated carbocycles. The number of carbonyl (C=O) groups is 1. The molecule has 1 aromatic rings. The number of amides is 1. The largest absolute Gasteiger partial charge is 0.345 e. The molecule has 0 aliphatic rings. The lowest BCUT2D eigenvalue weighted by atomic mass is 10.1. The van der Waals surface area contributed by atoms with Gasteiger partial charge in [-0.3, -0.25) is 4.79 Å². The molecular weight excluding hydrogens is 258 g/mol. The van der Waals surface area contributed by atoms with E-state index >= 15 is 0 Å². The normalized spacial score (nSPS) is 11.3. The van der Waals surface area contributed by atoms with Crippen LogP contribution in [0, 0.1) is 0 Å². The lowest BCUT2D eigenvalue weighted by Crippen LogP contribution is -2.14. The molecule has 0 fully saturated rings. The molecule has 0 N–H and O–H groups in total. The molecule has 0 heterocycles. The van der Waals surface area contributed by atoms with Crippen LogP contribution in [0.15, 0.2) is 54.6 Å². The number of benzene rings is 1. The van der Waals surface area contributed by atoms with Crippen LogP contribution in [0.25, 0.3) is 0 Å². The first-order valence-corrected chi connectivity index (χ1v) is 7.84. The highest BCUT2D eigenvalue weighted by Crippen LogP contribution is 2.08. The first-order valence-electron chi connectivity index (χ1n) is 7.84. The Balaban J connectivity index is 1.93. The van der Waals surface area contributed by atoms with Gasteiger partial charge < -0.3 is 4.90 Å². The van der Waals surface area contributed by atoms with E-state index in [-0.39, 0.29) is 0 Å². The summed E-state index contributed by atoms with van der Waals surface area (Å²) in [5.74, 6) is 0. The number of rotatable bonds is 11. The molecule has 0 bridgehead atoms. The van der Waals surface area contributed by atoms with Gasteiger partial charge in [0.25, 0.3) is 0 Å². The molecule has 114 valence electrons. The maximum Gasteiger partial charge on any atom is 0.209 e. The first kappa shape index (κ1) is 17.2. The van der Waals surface area contributed by atoms with Crippen LogP contribution in [-0.2, 0) is 11.2 Å². The quantitative estimate of drug-likeness (QED) is 0.336. The van der Waals surface area contributed by atoms with E-state index in [9.17, 15) is 4.79 Å². The minimum Gasteiger partial charge on any atom is -0.345 e. The molecule has 0 saturated heterocycles. The smallest absolute Gasteiger partial charge is 0.209 e. The molecule has 0 aliphatic carbocycles. The lowest BCUT2D eigenvalue weighted by molar-refractivity contribution is -0.116. The summed E-state index contributed by atoms with van der Waals surface area (Å²) in [6.45, 7) is 0.674. The SMILES string of the molecule is CN(C=O)C/C=C/C=C/CCCCCCc1ccccc1. The average molecular weight is 285 g/mol. The molecule has 0 aliphatic heterocycles. The molecule has 1 rings (SSSR count). The Morgan fingerprint density at radius 2 is 1.67 bits per heavy atom. The summed E-state index contributed by atoms with van der Waals surface area (Å²) in [6.07, 6.45) is 16.6. The van der Waals surface area contributed by atoms with E-state index < -0.39 is 0 Å². The summed E-state index contributed by atoms with van der Waals surface area (Å²) in [6, 6.07) is 10.7. The van der Waals surface area contributed by atoms with Crippen LogP contribution in [0.1, 0.15) is 37.7 Å². The van der Waals surface area contributed by atoms with E-state index in [1.807, 2.05) is 12.2 Å². The second-order valence-corrected chi connectivity index (χ2v) is 5.34. The van der Waals surface area contributed by atoms with Gasteiger partial charge >= 0.3 is 0 Å². The Kier molecular flexibility index (Phi) is 9.80. The van der Waals surface area contributed by atoms with Crippen LogP contribution < -0.4 is 0 Å². The van der Waals surface area contributed by atoms with Crippen LogP contribution in [0.5, 0.6) is 0 Å². The van der Waals surface area contributed by atoms with Crippen molar-refractivity contribution in [3.8, 4) is 0 Å². The van der Waals surface area contributed by atoms with Gasteiger partial charge in [-0.25, -0.2) is 0 Å². The Morgan fingerprint density at radius 3 is 2.43 bits per heavy atom. The zero-order valence-electron chi connectivity index (χ0n) is 13.1. The zero-order valence-corrected chi connectivity index (χ0v) is 13.1. The third-order valence-corrected chi connectivity index (χ3v) is 3.39. The number of likely N-dealkylation sites (N-methyl/N-ethyl adjacent to an activating group) is 1. The summed E-state index contributed by atoms with van der Waals surface area (Å²) < 4.78 is 0. The van der Waals surface area contributed by atoms with Gasteiger partial charge in [-0.05, 0) is 31.2 Å². The fourth-order valence-corrected chi connectivity index (χ4v) is 2.11. The van der Waals surface area contributed by atoms with Crippen molar-refractivity contribution in [2.75, 3.05) is 13.6 Å². The molecule has 0 unspecified atom stereocenters. The van der Waals surface area contributed by atoms with Crippen molar-refractivity contribution < 1.29 is 4.79 Å². The van der Waals surface area contributed by atoms with Gasteiger partial charge in [0.15, 0.2) is 0 Å². The van der Waals surface area contributed by atoms with Crippen LogP contribution in [-0.4, -0.2) is 24.9 Å². The molecule has 2 nitrogen and oxygen atoms in total. The maximum absolute atomic E-state index is 10.4. The van der Waals surface area contributed by atoms with Gasteiger partial charge in [-0.1, -0.05) is 67.5 Å². The van der Waals surface area contributed by atoms with E-state index in [1.54, 1.807) is 11.9 Å². The highest BCUT2D eigenvalue weighted by Gasteiger charge is 1.92. The summed E-state index contributed by atoms with van der Waals surface area (Å²) in [4.78, 5) is 12.0. The minimum absolute atomic E-state index is 0.674. The third kappa shape index (κ3) is 9.67. The number of allylic oxidation sites excluding steroid dienone is 3. The van der Waals surface area contributed by atoms with Crippen molar-refractivity contribution >= 4 is 6.41 Å². The molecule has 1 amide bonds. The van der Waals surface area contributed by atoms with Crippen molar-refractivity contribution in [2.24, 2.45) is 0 Å². The predicted octanol–water partition coefficient (Wildman–Crippen LogP) is 4.38. The Hall–Kier alpha value is -1.83. The molecule has 2 heteroatoms. The van der Waals surface area contributed by atoms with Crippen LogP contribution in [0.4, 0.5) is 0 Å². The van der Waals surface area contributed by atoms with Crippen LogP contribution in [0.2, 0.25) is 0 Å². The van der Waals surface area contributed by atoms with E-state index in [2.05, 4.69) is 42.5 Å². The molecule has 0 spiro atoms. The zero-order chi connectivity index (χ0) is 15.2. The molecule has 0 atom stereocenters. The Morgan fingerprint density at radius 1 is 0.952 bits per heavy atom. The van der Waals surface area contributed by atoms with E-state index in [0.717, 1.165) is 12.8 Å². The molecule has 21 heavy (non-hydrogen) atoms. The van der Waals surface area contributed by atoms with Crippen molar-refractivity contribution in [3.63, 3.8) is 0 Å². The van der Waals surface area contributed by atoms with Crippen molar-refractivity contribution in [1.82, 2.24) is 4.90 Å². The van der Waals surface area contributed by atoms with Crippen molar-refractivity contribution in [2.45, 2.75) is 38.5 Å². The highest BCUT2D eigenvalue weighted by atomic mass is 16.1. The topological polar surface area (TPSA) is 20.3 Å². The number of nitrogens with zero attached hydrogens (tertiary/aromatic N) is 1. The summed E-state index contributed by atoms with van der Waals surface area (Å²) >= 11 is 0. The van der Waals surface area contributed by atoms with Crippen LogP contribution >= 0.6 is 0 Å². The van der Waals surface area contributed by atoms with E-state index in [1.165, 1.54) is 37.7 Å². The van der Waals surface area contributed by atoms with Crippen molar-refractivity contribution in [1.29, 1.82) is 0 Å². The molecule has 1 aromatic carbocycles. The second kappa shape index (κ2) is 12.0. The fourth-order valence-electron chi connectivity index (χ4n) is 2.11. The number of hydrogen-bond acceptors (Lipinski definition) is 1. The number of aryl methyl sites for hydroxylation is 1. The number of unbranched alkanes of at least 4 members (excludes halogenated alkanes) is 4. The second-order valence-electron chi connectivity index (χ2n) is 5.34. The fraction of sp³-hybridized carbons (Fsp3) is 0.421. The number of hydrogen-bond donors (Lipinski definition) is 0. The van der Waals surface area contributed by atoms with Crippen LogP contribution in [0.3, 0.4) is 0 Å². The lowest BCUT2D eigenvalue weighted by Gasteiger charge is -2.04. The summed E-state index contributed by atoms with van der Waals surface area (Å²) in [5, 5.41) is 0. The highest BCUT2D eigenvalue weighted by molar-refractivity contribution is 5.46. The summed E-state index contributed by atoms with van der Waals surface area (Å²) in [7, 11) is 1.77. The molecule has 0 aromatic heterocycles.